The molecule has 0 amide bonds. The summed E-state index contributed by atoms with van der Waals surface area (Å²) in [5, 5.41) is 0. The van der Waals surface area contributed by atoms with Crippen LogP contribution in [0.5, 0.6) is 0 Å². The fourth-order valence-electron chi connectivity index (χ4n) is 2.29. The first-order valence-corrected chi connectivity index (χ1v) is 6.93. The number of carbonyl (C=O) groups is 1. The fraction of sp³-hybridized carbons (Fsp3) is 0.176. The highest BCUT2D eigenvalue weighted by atomic mass is 16.7. The van der Waals surface area contributed by atoms with Gasteiger partial charge in [0.15, 0.2) is 5.84 Å². The average Bonchev–Trinajstić information content (AvgIpc) is 3.04. The van der Waals surface area contributed by atoms with E-state index in [1.165, 1.54) is 7.11 Å². The molecule has 0 spiro atoms. The van der Waals surface area contributed by atoms with E-state index in [1.807, 2.05) is 43.3 Å². The maximum Gasteiger partial charge on any atom is 0.337 e. The summed E-state index contributed by atoms with van der Waals surface area (Å²) in [5.74, 6) is 0.348. The van der Waals surface area contributed by atoms with E-state index in [4.69, 9.17) is 4.84 Å². The zero-order valence-electron chi connectivity index (χ0n) is 12.4. The Hall–Kier alpha value is -2.66. The molecule has 0 bridgehead atoms. The predicted molar refractivity (Wildman–Crippen MR) is 82.5 cm³/mol. The van der Waals surface area contributed by atoms with E-state index in [0.29, 0.717) is 11.4 Å². The second-order valence-electron chi connectivity index (χ2n) is 4.98. The molecule has 1 N–H and O–H groups in total. The molecule has 1 aliphatic rings. The Balaban J connectivity index is 1.82. The highest BCUT2D eigenvalue weighted by Crippen LogP contribution is 2.24. The second kappa shape index (κ2) is 5.99. The number of hydrogen-bond donors (Lipinski definition) is 1. The molecule has 0 aliphatic carbocycles. The quantitative estimate of drug-likeness (QED) is 0.885. The topological polar surface area (TPSA) is 59.9 Å². The zero-order chi connectivity index (χ0) is 15.5. The largest absolute Gasteiger partial charge is 0.465 e. The number of aliphatic imine (C=N–C) groups is 1. The highest BCUT2D eigenvalue weighted by Gasteiger charge is 2.21. The number of nitrogens with zero attached hydrogens (tertiary/aromatic N) is 1. The summed E-state index contributed by atoms with van der Waals surface area (Å²) >= 11 is 0. The van der Waals surface area contributed by atoms with E-state index >= 15 is 0 Å². The molecule has 0 fully saturated rings. The van der Waals surface area contributed by atoms with Crippen molar-refractivity contribution in [3.05, 3.63) is 70.8 Å². The Kier molecular flexibility index (Phi) is 3.89. The van der Waals surface area contributed by atoms with Crippen LogP contribution in [0.1, 0.15) is 33.3 Å². The van der Waals surface area contributed by atoms with Crippen molar-refractivity contribution in [2.75, 3.05) is 7.11 Å². The van der Waals surface area contributed by atoms with Gasteiger partial charge in [0.05, 0.1) is 12.7 Å². The molecule has 112 valence electrons. The van der Waals surface area contributed by atoms with Gasteiger partial charge in [0.1, 0.15) is 0 Å². The molecule has 3 rings (SSSR count). The van der Waals surface area contributed by atoms with E-state index in [2.05, 4.69) is 15.2 Å². The van der Waals surface area contributed by atoms with Gasteiger partial charge in [-0.1, -0.05) is 36.4 Å². The molecule has 0 radical (unpaired) electrons. The first-order valence-electron chi connectivity index (χ1n) is 6.93. The Morgan fingerprint density at radius 3 is 2.59 bits per heavy atom. The number of methoxy groups -OCH3 is 1. The average molecular weight is 296 g/mol. The van der Waals surface area contributed by atoms with Gasteiger partial charge < -0.3 is 4.74 Å². The standard InChI is InChI=1S/C17H16N2O3/c1-11-5-3-4-6-14(11)15-18-16(22-19-15)12-7-9-13(10-8-12)17(20)21-2/h3-10,16H,1-2H3,(H,18,19)/t16-/m1/s1. The molecular formula is C17H16N2O3. The van der Waals surface area contributed by atoms with Crippen molar-refractivity contribution in [2.24, 2.45) is 4.99 Å². The van der Waals surface area contributed by atoms with Crippen molar-refractivity contribution in [1.82, 2.24) is 5.48 Å². The highest BCUT2D eigenvalue weighted by molar-refractivity contribution is 6.00. The van der Waals surface area contributed by atoms with Crippen molar-refractivity contribution in [3.8, 4) is 0 Å². The first kappa shape index (κ1) is 14.3. The van der Waals surface area contributed by atoms with Gasteiger partial charge in [0.25, 0.3) is 0 Å². The predicted octanol–water partition coefficient (Wildman–Crippen LogP) is 2.76. The van der Waals surface area contributed by atoms with Crippen LogP contribution in [0.4, 0.5) is 0 Å². The number of esters is 1. The van der Waals surface area contributed by atoms with E-state index in [0.717, 1.165) is 16.7 Å². The summed E-state index contributed by atoms with van der Waals surface area (Å²) in [6.45, 7) is 2.03. The number of rotatable bonds is 3. The third-order valence-electron chi connectivity index (χ3n) is 3.53. The lowest BCUT2D eigenvalue weighted by molar-refractivity contribution is 0.0376. The van der Waals surface area contributed by atoms with Gasteiger partial charge in [-0.05, 0) is 24.6 Å². The van der Waals surface area contributed by atoms with Gasteiger partial charge in [-0.2, -0.15) is 0 Å². The molecule has 1 atom stereocenters. The van der Waals surface area contributed by atoms with Crippen LogP contribution in [0.3, 0.4) is 0 Å². The number of hydrogen-bond acceptors (Lipinski definition) is 5. The molecule has 5 nitrogen and oxygen atoms in total. The number of ether oxygens (including phenoxy) is 1. The molecule has 1 heterocycles. The van der Waals surface area contributed by atoms with Gasteiger partial charge in [-0.25, -0.2) is 20.1 Å². The third kappa shape index (κ3) is 2.71. The first-order chi connectivity index (χ1) is 10.7. The van der Waals surface area contributed by atoms with Crippen molar-refractivity contribution in [3.63, 3.8) is 0 Å². The SMILES string of the molecule is COC(=O)c1ccc([C@@H]2N=C(c3ccccc3C)NO2)cc1. The smallest absolute Gasteiger partial charge is 0.337 e. The molecule has 0 saturated carbocycles. The number of benzene rings is 2. The fourth-order valence-corrected chi connectivity index (χ4v) is 2.29. The van der Waals surface area contributed by atoms with Gasteiger partial charge in [-0.15, -0.1) is 0 Å². The lowest BCUT2D eigenvalue weighted by Gasteiger charge is -2.06. The minimum absolute atomic E-state index is 0.360. The summed E-state index contributed by atoms with van der Waals surface area (Å²) in [4.78, 5) is 21.5. The Morgan fingerprint density at radius 2 is 1.91 bits per heavy atom. The zero-order valence-corrected chi connectivity index (χ0v) is 12.4. The van der Waals surface area contributed by atoms with Crippen LogP contribution in [0.15, 0.2) is 53.5 Å². The van der Waals surface area contributed by atoms with E-state index < -0.39 is 6.23 Å². The number of hydroxylamine groups is 1. The van der Waals surface area contributed by atoms with Gasteiger partial charge in [0.2, 0.25) is 6.23 Å². The molecule has 1 aliphatic heterocycles. The van der Waals surface area contributed by atoms with Crippen molar-refractivity contribution < 1.29 is 14.4 Å². The molecule has 2 aromatic rings. The van der Waals surface area contributed by atoms with Gasteiger partial charge >= 0.3 is 5.97 Å². The van der Waals surface area contributed by atoms with Crippen LogP contribution >= 0.6 is 0 Å². The summed E-state index contributed by atoms with van der Waals surface area (Å²) in [6.07, 6.45) is -0.429. The van der Waals surface area contributed by atoms with Crippen LogP contribution < -0.4 is 5.48 Å². The number of nitrogens with one attached hydrogen (secondary N) is 1. The molecule has 22 heavy (non-hydrogen) atoms. The molecule has 2 aromatic carbocycles. The second-order valence-corrected chi connectivity index (χ2v) is 4.98. The van der Waals surface area contributed by atoms with E-state index in [-0.39, 0.29) is 5.97 Å². The number of aryl methyl sites for hydroxylation is 1. The van der Waals surface area contributed by atoms with Crippen molar-refractivity contribution in [1.29, 1.82) is 0 Å². The Labute approximate surface area is 128 Å². The minimum atomic E-state index is -0.429. The van der Waals surface area contributed by atoms with Crippen LogP contribution in [-0.2, 0) is 9.57 Å². The maximum absolute atomic E-state index is 11.4. The summed E-state index contributed by atoms with van der Waals surface area (Å²) in [6, 6.07) is 15.0. The third-order valence-corrected chi connectivity index (χ3v) is 3.53. The maximum atomic E-state index is 11.4. The van der Waals surface area contributed by atoms with Crippen LogP contribution in [0.25, 0.3) is 0 Å². The van der Waals surface area contributed by atoms with Crippen molar-refractivity contribution >= 4 is 11.8 Å². The molecule has 0 aromatic heterocycles. The number of carbonyl (C=O) groups excluding carboxylic acids is 1. The van der Waals surface area contributed by atoms with Crippen LogP contribution in [0, 0.1) is 6.92 Å². The lowest BCUT2D eigenvalue weighted by atomic mass is 10.1. The van der Waals surface area contributed by atoms with Gasteiger partial charge in [0, 0.05) is 11.1 Å². The molecule has 0 unspecified atom stereocenters. The Bertz CT molecular complexity index is 723. The van der Waals surface area contributed by atoms with Gasteiger partial charge in [-0.3, -0.25) is 0 Å². The monoisotopic (exact) mass is 296 g/mol. The number of amidine groups is 1. The Morgan fingerprint density at radius 1 is 1.18 bits per heavy atom. The summed E-state index contributed by atoms with van der Waals surface area (Å²) < 4.78 is 4.68. The van der Waals surface area contributed by atoms with E-state index in [1.54, 1.807) is 12.1 Å². The van der Waals surface area contributed by atoms with Crippen LogP contribution in [-0.4, -0.2) is 18.9 Å². The molecule has 0 saturated heterocycles. The van der Waals surface area contributed by atoms with Crippen LogP contribution in [0.2, 0.25) is 0 Å². The summed E-state index contributed by atoms with van der Waals surface area (Å²) in [7, 11) is 1.36. The normalized spacial score (nSPS) is 16.8. The van der Waals surface area contributed by atoms with E-state index in [9.17, 15) is 4.79 Å². The molecular weight excluding hydrogens is 280 g/mol. The van der Waals surface area contributed by atoms with Crippen molar-refractivity contribution in [2.45, 2.75) is 13.2 Å². The minimum Gasteiger partial charge on any atom is -0.465 e. The lowest BCUT2D eigenvalue weighted by Crippen LogP contribution is -2.19. The summed E-state index contributed by atoms with van der Waals surface area (Å²) in [5.41, 5.74) is 6.37. The molecule has 5 heteroatoms.